The van der Waals surface area contributed by atoms with Crippen molar-refractivity contribution in [3.8, 4) is 11.4 Å². The van der Waals surface area contributed by atoms with Crippen LogP contribution < -0.4 is 5.32 Å². The number of fused-ring (bicyclic) bond motifs is 1. The SMILES string of the molecule is O=Cc1c(-c2nc(NCCc3ccccn3)nc(C(Cl)(Cl)Cl)n2)ccc2ccccc12. The van der Waals surface area contributed by atoms with Gasteiger partial charge in [0.2, 0.25) is 9.74 Å². The van der Waals surface area contributed by atoms with Gasteiger partial charge in [0, 0.05) is 36.0 Å². The number of benzene rings is 2. The minimum atomic E-state index is -1.85. The fraction of sp³-hybridized carbons (Fsp3) is 0.136. The lowest BCUT2D eigenvalue weighted by Gasteiger charge is -2.14. The topological polar surface area (TPSA) is 80.7 Å². The zero-order chi connectivity index (χ0) is 21.8. The van der Waals surface area contributed by atoms with E-state index in [1.807, 2.05) is 48.5 Å². The van der Waals surface area contributed by atoms with Gasteiger partial charge < -0.3 is 5.32 Å². The molecule has 0 atom stereocenters. The lowest BCUT2D eigenvalue weighted by molar-refractivity contribution is 0.112. The molecule has 156 valence electrons. The van der Waals surface area contributed by atoms with Crippen LogP contribution in [0, 0.1) is 0 Å². The number of nitrogens with one attached hydrogen (secondary N) is 1. The fourth-order valence-corrected chi connectivity index (χ4v) is 3.42. The van der Waals surface area contributed by atoms with Crippen LogP contribution in [0.2, 0.25) is 0 Å². The molecule has 0 spiro atoms. The third-order valence-electron chi connectivity index (χ3n) is 4.61. The molecule has 2 aromatic heterocycles. The molecule has 0 bridgehead atoms. The van der Waals surface area contributed by atoms with E-state index >= 15 is 0 Å². The number of aldehydes is 1. The van der Waals surface area contributed by atoms with Crippen LogP contribution in [-0.4, -0.2) is 32.8 Å². The summed E-state index contributed by atoms with van der Waals surface area (Å²) in [6.07, 6.45) is 3.17. The molecular formula is C22H16Cl3N5O. The third-order valence-corrected chi connectivity index (χ3v) is 5.12. The van der Waals surface area contributed by atoms with E-state index in [9.17, 15) is 4.79 Å². The summed E-state index contributed by atoms with van der Waals surface area (Å²) < 4.78 is -1.85. The van der Waals surface area contributed by atoms with E-state index in [0.717, 1.165) is 22.8 Å². The summed E-state index contributed by atoms with van der Waals surface area (Å²) in [6, 6.07) is 16.9. The Morgan fingerprint density at radius 3 is 2.48 bits per heavy atom. The summed E-state index contributed by atoms with van der Waals surface area (Å²) in [4.78, 5) is 29.3. The Hall–Kier alpha value is -2.80. The van der Waals surface area contributed by atoms with E-state index in [4.69, 9.17) is 34.8 Å². The molecule has 0 aliphatic carbocycles. The predicted molar refractivity (Wildman–Crippen MR) is 124 cm³/mol. The zero-order valence-electron chi connectivity index (χ0n) is 16.1. The summed E-state index contributed by atoms with van der Waals surface area (Å²) in [5.74, 6) is 0.449. The largest absolute Gasteiger partial charge is 0.354 e. The standard InChI is InChI=1S/C22H16Cl3N5O/c23-22(24,25)20-28-19(17-9-8-14-5-1-2-7-16(14)18(17)13-31)29-21(30-20)27-12-10-15-6-3-4-11-26-15/h1-9,11,13H,10,12H2,(H,27,28,29,30). The molecule has 2 heterocycles. The second-order valence-electron chi connectivity index (χ2n) is 6.67. The van der Waals surface area contributed by atoms with Crippen molar-refractivity contribution in [1.29, 1.82) is 0 Å². The lowest BCUT2D eigenvalue weighted by Crippen LogP contribution is -2.15. The second-order valence-corrected chi connectivity index (χ2v) is 8.95. The van der Waals surface area contributed by atoms with E-state index in [2.05, 4.69) is 25.3 Å². The monoisotopic (exact) mass is 471 g/mol. The van der Waals surface area contributed by atoms with E-state index in [0.29, 0.717) is 24.1 Å². The number of aromatic nitrogens is 4. The van der Waals surface area contributed by atoms with Crippen LogP contribution in [-0.2, 0) is 10.2 Å². The van der Waals surface area contributed by atoms with Crippen LogP contribution in [0.5, 0.6) is 0 Å². The number of carbonyl (C=O) groups excluding carboxylic acids is 1. The maximum Gasteiger partial charge on any atom is 0.250 e. The Bertz CT molecular complexity index is 1230. The van der Waals surface area contributed by atoms with Crippen molar-refractivity contribution in [2.24, 2.45) is 0 Å². The van der Waals surface area contributed by atoms with Gasteiger partial charge in [-0.3, -0.25) is 9.78 Å². The minimum absolute atomic E-state index is 0.0344. The second kappa shape index (κ2) is 9.14. The average molecular weight is 473 g/mol. The van der Waals surface area contributed by atoms with Gasteiger partial charge in [-0.1, -0.05) is 71.2 Å². The number of carbonyl (C=O) groups is 1. The van der Waals surface area contributed by atoms with Crippen molar-refractivity contribution >= 4 is 57.8 Å². The number of hydrogen-bond donors (Lipinski definition) is 1. The highest BCUT2D eigenvalue weighted by Gasteiger charge is 2.29. The normalized spacial score (nSPS) is 11.5. The first-order valence-electron chi connectivity index (χ1n) is 9.40. The van der Waals surface area contributed by atoms with Crippen molar-refractivity contribution < 1.29 is 4.79 Å². The molecule has 4 rings (SSSR count). The quantitative estimate of drug-likeness (QED) is 0.300. The zero-order valence-corrected chi connectivity index (χ0v) is 18.4. The summed E-state index contributed by atoms with van der Waals surface area (Å²) in [5, 5.41) is 4.84. The molecule has 6 nitrogen and oxygen atoms in total. The first-order chi connectivity index (χ1) is 15.0. The number of nitrogens with zero attached hydrogens (tertiary/aromatic N) is 4. The Labute approximate surface area is 193 Å². The highest BCUT2D eigenvalue weighted by Crippen LogP contribution is 2.37. The van der Waals surface area contributed by atoms with Gasteiger partial charge >= 0.3 is 0 Å². The van der Waals surface area contributed by atoms with E-state index < -0.39 is 3.79 Å². The Morgan fingerprint density at radius 1 is 0.935 bits per heavy atom. The molecule has 0 fully saturated rings. The van der Waals surface area contributed by atoms with Gasteiger partial charge in [0.05, 0.1) is 0 Å². The molecule has 4 aromatic rings. The van der Waals surface area contributed by atoms with Gasteiger partial charge in [0.1, 0.15) is 0 Å². The van der Waals surface area contributed by atoms with E-state index in [1.165, 1.54) is 0 Å². The minimum Gasteiger partial charge on any atom is -0.354 e. The Kier molecular flexibility index (Phi) is 6.32. The molecule has 0 aliphatic rings. The highest BCUT2D eigenvalue weighted by atomic mass is 35.6. The summed E-state index contributed by atoms with van der Waals surface area (Å²) in [5.41, 5.74) is 1.90. The Morgan fingerprint density at radius 2 is 1.74 bits per heavy atom. The maximum atomic E-state index is 11.9. The number of hydrogen-bond acceptors (Lipinski definition) is 6. The molecule has 0 saturated heterocycles. The van der Waals surface area contributed by atoms with Crippen LogP contribution in [0.1, 0.15) is 21.9 Å². The molecule has 0 aliphatic heterocycles. The summed E-state index contributed by atoms with van der Waals surface area (Å²) in [6.45, 7) is 0.512. The Balaban J connectivity index is 1.73. The van der Waals surface area contributed by atoms with Crippen LogP contribution >= 0.6 is 34.8 Å². The van der Waals surface area contributed by atoms with Crippen LogP contribution in [0.15, 0.2) is 60.8 Å². The number of halogens is 3. The van der Waals surface area contributed by atoms with Gasteiger partial charge in [-0.05, 0) is 29.0 Å². The van der Waals surface area contributed by atoms with E-state index in [1.54, 1.807) is 12.3 Å². The number of rotatable bonds is 6. The van der Waals surface area contributed by atoms with Crippen molar-refractivity contribution in [1.82, 2.24) is 19.9 Å². The summed E-state index contributed by atoms with van der Waals surface area (Å²) >= 11 is 18.2. The van der Waals surface area contributed by atoms with Gasteiger partial charge in [-0.25, -0.2) is 4.98 Å². The number of alkyl halides is 3. The van der Waals surface area contributed by atoms with Crippen LogP contribution in [0.25, 0.3) is 22.2 Å². The molecule has 0 radical (unpaired) electrons. The molecule has 0 amide bonds. The maximum absolute atomic E-state index is 11.9. The van der Waals surface area contributed by atoms with Crippen molar-refractivity contribution in [3.63, 3.8) is 0 Å². The molecule has 0 saturated carbocycles. The van der Waals surface area contributed by atoms with Crippen LogP contribution in [0.4, 0.5) is 5.95 Å². The molecule has 1 N–H and O–H groups in total. The third kappa shape index (κ3) is 4.93. The highest BCUT2D eigenvalue weighted by molar-refractivity contribution is 6.66. The smallest absolute Gasteiger partial charge is 0.250 e. The first-order valence-corrected chi connectivity index (χ1v) is 10.5. The molecule has 2 aromatic carbocycles. The molecule has 0 unspecified atom stereocenters. The number of pyridine rings is 1. The number of anilines is 1. The lowest BCUT2D eigenvalue weighted by atomic mass is 9.99. The van der Waals surface area contributed by atoms with Gasteiger partial charge in [-0.2, -0.15) is 9.97 Å². The predicted octanol–water partition coefficient (Wildman–Crippen LogP) is 5.38. The van der Waals surface area contributed by atoms with E-state index in [-0.39, 0.29) is 17.6 Å². The van der Waals surface area contributed by atoms with Crippen molar-refractivity contribution in [3.05, 3.63) is 77.9 Å². The first kappa shape index (κ1) is 21.4. The van der Waals surface area contributed by atoms with Gasteiger partial charge in [0.15, 0.2) is 17.9 Å². The molecule has 31 heavy (non-hydrogen) atoms. The fourth-order valence-electron chi connectivity index (χ4n) is 3.17. The van der Waals surface area contributed by atoms with Crippen molar-refractivity contribution in [2.45, 2.75) is 10.2 Å². The molecule has 9 heteroatoms. The van der Waals surface area contributed by atoms with Gasteiger partial charge in [0.25, 0.3) is 0 Å². The van der Waals surface area contributed by atoms with Crippen molar-refractivity contribution in [2.75, 3.05) is 11.9 Å². The van der Waals surface area contributed by atoms with Gasteiger partial charge in [-0.15, -0.1) is 0 Å². The van der Waals surface area contributed by atoms with Crippen LogP contribution in [0.3, 0.4) is 0 Å². The average Bonchev–Trinajstić information content (AvgIpc) is 2.78. The summed E-state index contributed by atoms with van der Waals surface area (Å²) in [7, 11) is 0. The molecular weight excluding hydrogens is 457 g/mol.